The third-order valence-corrected chi connectivity index (χ3v) is 3.00. The van der Waals surface area contributed by atoms with E-state index in [-0.39, 0.29) is 30.2 Å². The Balaban J connectivity index is 2.42. The Labute approximate surface area is 90.0 Å². The molecule has 1 amide bonds. The summed E-state index contributed by atoms with van der Waals surface area (Å²) < 4.78 is 0. The number of carbonyl (C=O) groups excluding carboxylic acids is 1. The van der Waals surface area contributed by atoms with Gasteiger partial charge in [-0.3, -0.25) is 9.59 Å². The number of carbonyl (C=O) groups is 2. The molecule has 86 valence electrons. The first-order valence-corrected chi connectivity index (χ1v) is 5.53. The molecule has 15 heavy (non-hydrogen) atoms. The summed E-state index contributed by atoms with van der Waals surface area (Å²) in [5.41, 5.74) is 0. The second-order valence-corrected chi connectivity index (χ2v) is 4.58. The molecule has 0 bridgehead atoms. The van der Waals surface area contributed by atoms with Crippen LogP contribution >= 0.6 is 0 Å². The second kappa shape index (κ2) is 5.14. The zero-order valence-electron chi connectivity index (χ0n) is 9.32. The molecule has 0 aromatic carbocycles. The van der Waals surface area contributed by atoms with Crippen molar-refractivity contribution in [1.29, 1.82) is 0 Å². The van der Waals surface area contributed by atoms with Crippen LogP contribution < -0.4 is 5.32 Å². The van der Waals surface area contributed by atoms with E-state index in [1.54, 1.807) is 0 Å². The fourth-order valence-electron chi connectivity index (χ4n) is 1.61. The van der Waals surface area contributed by atoms with Gasteiger partial charge in [-0.05, 0) is 18.8 Å². The number of nitrogens with one attached hydrogen (secondary N) is 1. The zero-order valence-corrected chi connectivity index (χ0v) is 9.32. The summed E-state index contributed by atoms with van der Waals surface area (Å²) in [6, 6.07) is -0.240. The molecule has 2 N–H and O–H groups in total. The maximum absolute atomic E-state index is 11.6. The van der Waals surface area contributed by atoms with Crippen molar-refractivity contribution in [2.45, 2.75) is 45.6 Å². The first-order chi connectivity index (χ1) is 7.00. The summed E-state index contributed by atoms with van der Waals surface area (Å²) in [6.07, 6.45) is 3.02. The Morgan fingerprint density at radius 2 is 2.00 bits per heavy atom. The van der Waals surface area contributed by atoms with Crippen LogP contribution in [-0.2, 0) is 9.59 Å². The van der Waals surface area contributed by atoms with Gasteiger partial charge in [-0.25, -0.2) is 0 Å². The van der Waals surface area contributed by atoms with E-state index in [0.717, 1.165) is 19.3 Å². The van der Waals surface area contributed by atoms with Crippen molar-refractivity contribution in [2.24, 2.45) is 11.8 Å². The number of aliphatic carboxylic acids is 1. The Morgan fingerprint density at radius 1 is 1.40 bits per heavy atom. The summed E-state index contributed by atoms with van der Waals surface area (Å²) >= 11 is 0. The molecule has 1 unspecified atom stereocenters. The highest BCUT2D eigenvalue weighted by molar-refractivity contribution is 5.80. The quantitative estimate of drug-likeness (QED) is 0.725. The van der Waals surface area contributed by atoms with Crippen molar-refractivity contribution >= 4 is 11.9 Å². The molecule has 4 nitrogen and oxygen atoms in total. The van der Waals surface area contributed by atoms with Gasteiger partial charge in [0, 0.05) is 12.0 Å². The van der Waals surface area contributed by atoms with Crippen molar-refractivity contribution < 1.29 is 14.7 Å². The lowest BCUT2D eigenvalue weighted by atomic mass is 9.84. The molecule has 0 aromatic rings. The molecule has 1 saturated carbocycles. The molecule has 1 atom stereocenters. The van der Waals surface area contributed by atoms with Crippen molar-refractivity contribution in [2.75, 3.05) is 0 Å². The molecule has 0 aliphatic heterocycles. The van der Waals surface area contributed by atoms with Crippen LogP contribution in [0, 0.1) is 11.8 Å². The normalized spacial score (nSPS) is 18.3. The first-order valence-electron chi connectivity index (χ1n) is 5.53. The molecule has 1 fully saturated rings. The van der Waals surface area contributed by atoms with Crippen LogP contribution in [0.15, 0.2) is 0 Å². The minimum Gasteiger partial charge on any atom is -0.481 e. The zero-order chi connectivity index (χ0) is 11.4. The number of amides is 1. The van der Waals surface area contributed by atoms with Gasteiger partial charge < -0.3 is 10.4 Å². The third-order valence-electron chi connectivity index (χ3n) is 3.00. The van der Waals surface area contributed by atoms with Gasteiger partial charge in [-0.1, -0.05) is 20.3 Å². The van der Waals surface area contributed by atoms with Crippen LogP contribution in [0.1, 0.15) is 39.5 Å². The van der Waals surface area contributed by atoms with Crippen molar-refractivity contribution in [3.8, 4) is 0 Å². The van der Waals surface area contributed by atoms with E-state index in [1.807, 2.05) is 13.8 Å². The minimum absolute atomic E-state index is 0.0100. The molecule has 0 aromatic heterocycles. The van der Waals surface area contributed by atoms with Gasteiger partial charge in [0.15, 0.2) is 0 Å². The molecule has 0 radical (unpaired) electrons. The van der Waals surface area contributed by atoms with Gasteiger partial charge in [0.25, 0.3) is 0 Å². The molecule has 0 spiro atoms. The molecule has 1 aliphatic rings. The average molecular weight is 213 g/mol. The summed E-state index contributed by atoms with van der Waals surface area (Å²) in [7, 11) is 0. The van der Waals surface area contributed by atoms with E-state index in [1.165, 1.54) is 0 Å². The Hall–Kier alpha value is -1.06. The van der Waals surface area contributed by atoms with E-state index in [9.17, 15) is 9.59 Å². The van der Waals surface area contributed by atoms with E-state index < -0.39 is 5.97 Å². The molecule has 1 rings (SSSR count). The fraction of sp³-hybridized carbons (Fsp3) is 0.818. The van der Waals surface area contributed by atoms with Crippen LogP contribution in [0.25, 0.3) is 0 Å². The highest BCUT2D eigenvalue weighted by Gasteiger charge is 2.28. The van der Waals surface area contributed by atoms with Crippen LogP contribution in [-0.4, -0.2) is 23.0 Å². The predicted octanol–water partition coefficient (Wildman–Crippen LogP) is 1.40. The van der Waals surface area contributed by atoms with Crippen molar-refractivity contribution in [3.05, 3.63) is 0 Å². The lowest BCUT2D eigenvalue weighted by Gasteiger charge is -2.28. The lowest BCUT2D eigenvalue weighted by molar-refractivity contribution is -0.138. The first kappa shape index (κ1) is 12.0. The number of rotatable bonds is 5. The number of carboxylic acid groups (broad SMARTS) is 1. The maximum atomic E-state index is 11.6. The third kappa shape index (κ3) is 3.53. The van der Waals surface area contributed by atoms with Gasteiger partial charge in [-0.2, -0.15) is 0 Å². The van der Waals surface area contributed by atoms with Gasteiger partial charge in [0.1, 0.15) is 0 Å². The van der Waals surface area contributed by atoms with Crippen LogP contribution in [0.3, 0.4) is 0 Å². The summed E-state index contributed by atoms with van der Waals surface area (Å²) in [5.74, 6) is -0.547. The molecule has 0 saturated heterocycles. The van der Waals surface area contributed by atoms with E-state index in [4.69, 9.17) is 5.11 Å². The van der Waals surface area contributed by atoms with Gasteiger partial charge in [0.05, 0.1) is 6.42 Å². The topological polar surface area (TPSA) is 66.4 Å². The maximum Gasteiger partial charge on any atom is 0.305 e. The summed E-state index contributed by atoms with van der Waals surface area (Å²) in [6.45, 7) is 3.85. The molecule has 0 heterocycles. The van der Waals surface area contributed by atoms with Gasteiger partial charge in [0.2, 0.25) is 5.91 Å². The van der Waals surface area contributed by atoms with Crippen LogP contribution in [0.2, 0.25) is 0 Å². The lowest BCUT2D eigenvalue weighted by Crippen LogP contribution is -2.44. The second-order valence-electron chi connectivity index (χ2n) is 4.58. The van der Waals surface area contributed by atoms with Gasteiger partial charge in [-0.15, -0.1) is 0 Å². The Bertz CT molecular complexity index is 246. The van der Waals surface area contributed by atoms with Crippen LogP contribution in [0.5, 0.6) is 0 Å². The highest BCUT2D eigenvalue weighted by atomic mass is 16.4. The molecular weight excluding hydrogens is 194 g/mol. The number of hydrogen-bond donors (Lipinski definition) is 2. The van der Waals surface area contributed by atoms with E-state index >= 15 is 0 Å². The van der Waals surface area contributed by atoms with E-state index in [0.29, 0.717) is 0 Å². The largest absolute Gasteiger partial charge is 0.481 e. The summed E-state index contributed by atoms with van der Waals surface area (Å²) in [5, 5.41) is 11.5. The molecule has 1 aliphatic carbocycles. The minimum atomic E-state index is -0.859. The standard InChI is InChI=1S/C11H19NO3/c1-7(2)9(6-10(13)14)12-11(15)8-4-3-5-8/h7-9H,3-6H2,1-2H3,(H,12,15)(H,13,14). The molecule has 4 heteroatoms. The summed E-state index contributed by atoms with van der Waals surface area (Å²) in [4.78, 5) is 22.2. The SMILES string of the molecule is CC(C)C(CC(=O)O)NC(=O)C1CCC1. The van der Waals surface area contributed by atoms with Crippen molar-refractivity contribution in [3.63, 3.8) is 0 Å². The van der Waals surface area contributed by atoms with E-state index in [2.05, 4.69) is 5.32 Å². The van der Waals surface area contributed by atoms with Crippen molar-refractivity contribution in [1.82, 2.24) is 5.32 Å². The number of hydrogen-bond acceptors (Lipinski definition) is 2. The monoisotopic (exact) mass is 213 g/mol. The average Bonchev–Trinajstić information content (AvgIpc) is 1.98. The fourth-order valence-corrected chi connectivity index (χ4v) is 1.61. The Kier molecular flexibility index (Phi) is 4.12. The van der Waals surface area contributed by atoms with Gasteiger partial charge >= 0.3 is 5.97 Å². The smallest absolute Gasteiger partial charge is 0.305 e. The Morgan fingerprint density at radius 3 is 2.33 bits per heavy atom. The highest BCUT2D eigenvalue weighted by Crippen LogP contribution is 2.26. The predicted molar refractivity (Wildman–Crippen MR) is 56.4 cm³/mol. The number of carboxylic acids is 1. The molecular formula is C11H19NO3. The van der Waals surface area contributed by atoms with Crippen LogP contribution in [0.4, 0.5) is 0 Å².